The quantitative estimate of drug-likeness (QED) is 0.742. The number of hydrogen-bond donors (Lipinski definition) is 0. The lowest BCUT2D eigenvalue weighted by atomic mass is 10.0. The van der Waals surface area contributed by atoms with E-state index in [0.29, 0.717) is 30.1 Å². The Kier molecular flexibility index (Phi) is 2.65. The van der Waals surface area contributed by atoms with E-state index in [1.54, 1.807) is 0 Å². The first-order chi connectivity index (χ1) is 8.33. The Morgan fingerprint density at radius 3 is 2.71 bits per heavy atom. The predicted molar refractivity (Wildman–Crippen MR) is 66.3 cm³/mol. The van der Waals surface area contributed by atoms with Crippen molar-refractivity contribution in [2.45, 2.75) is 26.2 Å². The first-order valence-electron chi connectivity index (χ1n) is 6.59. The normalized spacial score (nSPS) is 29.8. The summed E-state index contributed by atoms with van der Waals surface area (Å²) < 4.78 is 5.54. The summed E-state index contributed by atoms with van der Waals surface area (Å²) in [5.41, 5.74) is 0.786. The zero-order valence-corrected chi connectivity index (χ0v) is 10.2. The Morgan fingerprint density at radius 2 is 2.00 bits per heavy atom. The summed E-state index contributed by atoms with van der Waals surface area (Å²) in [6.45, 7) is 2.56. The van der Waals surface area contributed by atoms with Gasteiger partial charge < -0.3 is 4.74 Å². The summed E-state index contributed by atoms with van der Waals surface area (Å²) in [5.74, 6) is 2.72. The van der Waals surface area contributed by atoms with Crippen LogP contribution >= 0.6 is 0 Å². The molecule has 17 heavy (non-hydrogen) atoms. The molecule has 2 fully saturated rings. The molecule has 0 bridgehead atoms. The molecule has 0 heterocycles. The third kappa shape index (κ3) is 1.76. The van der Waals surface area contributed by atoms with Crippen LogP contribution in [0.5, 0.6) is 5.75 Å². The predicted octanol–water partition coefficient (Wildman–Crippen LogP) is 3.31. The van der Waals surface area contributed by atoms with E-state index < -0.39 is 0 Å². The molecule has 0 saturated heterocycles. The molecule has 0 radical (unpaired) electrons. The molecule has 90 valence electrons. The monoisotopic (exact) mass is 230 g/mol. The van der Waals surface area contributed by atoms with Gasteiger partial charge >= 0.3 is 0 Å². The van der Waals surface area contributed by atoms with Crippen molar-refractivity contribution in [3.63, 3.8) is 0 Å². The van der Waals surface area contributed by atoms with Crippen LogP contribution in [-0.2, 0) is 0 Å². The second kappa shape index (κ2) is 4.17. The number of carbonyl (C=O) groups is 1. The highest BCUT2D eigenvalue weighted by atomic mass is 16.5. The van der Waals surface area contributed by atoms with Crippen LogP contribution in [0.3, 0.4) is 0 Å². The van der Waals surface area contributed by atoms with Crippen molar-refractivity contribution in [2.24, 2.45) is 17.8 Å². The Morgan fingerprint density at radius 1 is 1.29 bits per heavy atom. The van der Waals surface area contributed by atoms with Crippen LogP contribution in [0.1, 0.15) is 36.5 Å². The van der Waals surface area contributed by atoms with Gasteiger partial charge in [-0.1, -0.05) is 18.6 Å². The molecule has 3 rings (SSSR count). The average Bonchev–Trinajstić information content (AvgIpc) is 2.82. The molecule has 2 aliphatic rings. The fraction of sp³-hybridized carbons (Fsp3) is 0.533. The smallest absolute Gasteiger partial charge is 0.170 e. The summed E-state index contributed by atoms with van der Waals surface area (Å²) in [6.07, 6.45) is 3.81. The van der Waals surface area contributed by atoms with Gasteiger partial charge in [0.2, 0.25) is 0 Å². The van der Waals surface area contributed by atoms with E-state index in [4.69, 9.17) is 4.74 Å². The summed E-state index contributed by atoms with van der Waals surface area (Å²) in [4.78, 5) is 12.4. The fourth-order valence-electron chi connectivity index (χ4n) is 3.34. The molecule has 2 saturated carbocycles. The third-order valence-electron chi connectivity index (χ3n) is 4.16. The standard InChI is InChI=1S/C15H18O2/c1-2-17-13-9-4-3-6-12(13)15(16)14-10-7-5-8-11(10)14/h3-4,6,9-11,14H,2,5,7-8H2,1H3. The van der Waals surface area contributed by atoms with E-state index in [9.17, 15) is 4.79 Å². The molecule has 1 aromatic rings. The summed E-state index contributed by atoms with van der Waals surface area (Å²) in [6, 6.07) is 7.65. The zero-order valence-electron chi connectivity index (χ0n) is 10.2. The van der Waals surface area contributed by atoms with Crippen LogP contribution in [0.2, 0.25) is 0 Å². The number of ketones is 1. The first-order valence-corrected chi connectivity index (χ1v) is 6.59. The lowest BCUT2D eigenvalue weighted by Gasteiger charge is -2.09. The van der Waals surface area contributed by atoms with Crippen molar-refractivity contribution in [3.05, 3.63) is 29.8 Å². The molecular formula is C15H18O2. The topological polar surface area (TPSA) is 26.3 Å². The van der Waals surface area contributed by atoms with E-state index in [-0.39, 0.29) is 0 Å². The summed E-state index contributed by atoms with van der Waals surface area (Å²) in [7, 11) is 0. The second-order valence-corrected chi connectivity index (χ2v) is 5.08. The number of carbonyl (C=O) groups excluding carboxylic acids is 1. The van der Waals surface area contributed by atoms with Crippen LogP contribution < -0.4 is 4.74 Å². The number of Topliss-reactive ketones (excluding diaryl/α,β-unsaturated/α-hetero) is 1. The molecule has 2 unspecified atom stereocenters. The van der Waals surface area contributed by atoms with Crippen LogP contribution in [0, 0.1) is 17.8 Å². The zero-order chi connectivity index (χ0) is 11.8. The number of rotatable bonds is 4. The van der Waals surface area contributed by atoms with Crippen LogP contribution in [0.4, 0.5) is 0 Å². The second-order valence-electron chi connectivity index (χ2n) is 5.08. The van der Waals surface area contributed by atoms with Crippen molar-refractivity contribution >= 4 is 5.78 Å². The van der Waals surface area contributed by atoms with Crippen molar-refractivity contribution in [2.75, 3.05) is 6.61 Å². The van der Waals surface area contributed by atoms with Gasteiger partial charge in [-0.15, -0.1) is 0 Å². The lowest BCUT2D eigenvalue weighted by Crippen LogP contribution is -2.08. The maximum absolute atomic E-state index is 12.4. The molecule has 0 spiro atoms. The van der Waals surface area contributed by atoms with Crippen molar-refractivity contribution in [3.8, 4) is 5.75 Å². The average molecular weight is 230 g/mol. The Labute approximate surface area is 102 Å². The SMILES string of the molecule is CCOc1ccccc1C(=O)C1C2CCCC21. The number of para-hydroxylation sites is 1. The van der Waals surface area contributed by atoms with Gasteiger partial charge in [-0.2, -0.15) is 0 Å². The summed E-state index contributed by atoms with van der Waals surface area (Å²) >= 11 is 0. The number of ether oxygens (including phenoxy) is 1. The van der Waals surface area contributed by atoms with E-state index in [1.807, 2.05) is 31.2 Å². The van der Waals surface area contributed by atoms with Crippen LogP contribution in [0.25, 0.3) is 0 Å². The van der Waals surface area contributed by atoms with Gasteiger partial charge in [0.05, 0.1) is 12.2 Å². The molecule has 2 atom stereocenters. The molecule has 2 nitrogen and oxygen atoms in total. The summed E-state index contributed by atoms with van der Waals surface area (Å²) in [5, 5.41) is 0. The maximum Gasteiger partial charge on any atom is 0.170 e. The minimum Gasteiger partial charge on any atom is -0.493 e. The van der Waals surface area contributed by atoms with Gasteiger partial charge in [-0.05, 0) is 43.7 Å². The minimum absolute atomic E-state index is 0.297. The highest BCUT2D eigenvalue weighted by molar-refractivity contribution is 6.02. The largest absolute Gasteiger partial charge is 0.493 e. The minimum atomic E-state index is 0.297. The fourth-order valence-corrected chi connectivity index (χ4v) is 3.34. The van der Waals surface area contributed by atoms with Gasteiger partial charge in [0, 0.05) is 5.92 Å². The number of fused-ring (bicyclic) bond motifs is 1. The van der Waals surface area contributed by atoms with E-state index in [1.165, 1.54) is 19.3 Å². The van der Waals surface area contributed by atoms with Gasteiger partial charge in [0.15, 0.2) is 5.78 Å². The molecule has 0 aromatic heterocycles. The van der Waals surface area contributed by atoms with Crippen molar-refractivity contribution in [1.82, 2.24) is 0 Å². The van der Waals surface area contributed by atoms with Gasteiger partial charge in [0.25, 0.3) is 0 Å². The molecule has 2 heteroatoms. The molecule has 1 aromatic carbocycles. The number of hydrogen-bond acceptors (Lipinski definition) is 2. The van der Waals surface area contributed by atoms with Gasteiger partial charge in [-0.25, -0.2) is 0 Å². The highest BCUT2D eigenvalue weighted by Crippen LogP contribution is 2.58. The van der Waals surface area contributed by atoms with Crippen LogP contribution in [-0.4, -0.2) is 12.4 Å². The molecule has 0 amide bonds. The van der Waals surface area contributed by atoms with Gasteiger partial charge in [-0.3, -0.25) is 4.79 Å². The van der Waals surface area contributed by atoms with Crippen LogP contribution in [0.15, 0.2) is 24.3 Å². The Balaban J connectivity index is 1.82. The van der Waals surface area contributed by atoms with Crippen molar-refractivity contribution in [1.29, 1.82) is 0 Å². The third-order valence-corrected chi connectivity index (χ3v) is 4.16. The van der Waals surface area contributed by atoms with E-state index in [2.05, 4.69) is 0 Å². The Hall–Kier alpha value is -1.31. The maximum atomic E-state index is 12.4. The molecule has 0 N–H and O–H groups in total. The van der Waals surface area contributed by atoms with Crippen molar-refractivity contribution < 1.29 is 9.53 Å². The molecule has 2 aliphatic carbocycles. The molecular weight excluding hydrogens is 212 g/mol. The Bertz CT molecular complexity index is 428. The number of benzene rings is 1. The lowest BCUT2D eigenvalue weighted by molar-refractivity contribution is 0.0948. The van der Waals surface area contributed by atoms with E-state index >= 15 is 0 Å². The molecule has 0 aliphatic heterocycles. The van der Waals surface area contributed by atoms with E-state index in [0.717, 1.165) is 11.3 Å². The highest BCUT2D eigenvalue weighted by Gasteiger charge is 2.56. The first kappa shape index (κ1) is 10.8. The van der Waals surface area contributed by atoms with Gasteiger partial charge in [0.1, 0.15) is 5.75 Å².